The fraction of sp³-hybridized carbons (Fsp3) is 0.353. The zero-order valence-electron chi connectivity index (χ0n) is 11.8. The van der Waals surface area contributed by atoms with E-state index in [2.05, 4.69) is 29.4 Å². The van der Waals surface area contributed by atoms with Gasteiger partial charge in [-0.3, -0.25) is 0 Å². The van der Waals surface area contributed by atoms with E-state index in [0.717, 1.165) is 35.1 Å². The van der Waals surface area contributed by atoms with Crippen LogP contribution in [0, 0.1) is 11.3 Å². The molecule has 1 N–H and O–H groups in total. The molecule has 20 heavy (non-hydrogen) atoms. The summed E-state index contributed by atoms with van der Waals surface area (Å²) >= 11 is 0. The normalized spacial score (nSPS) is 17.0. The molecule has 0 unspecified atom stereocenters. The van der Waals surface area contributed by atoms with Gasteiger partial charge < -0.3 is 10.2 Å². The highest BCUT2D eigenvalue weighted by atomic mass is 15.1. The van der Waals surface area contributed by atoms with Crippen LogP contribution in [0.15, 0.2) is 36.4 Å². The van der Waals surface area contributed by atoms with E-state index in [9.17, 15) is 5.26 Å². The van der Waals surface area contributed by atoms with Crippen molar-refractivity contribution in [2.24, 2.45) is 0 Å². The molecular weight excluding hydrogens is 246 g/mol. The Morgan fingerprint density at radius 1 is 1.10 bits per heavy atom. The van der Waals surface area contributed by atoms with E-state index in [1.54, 1.807) is 0 Å². The van der Waals surface area contributed by atoms with Crippen molar-refractivity contribution in [3.05, 3.63) is 42.0 Å². The summed E-state index contributed by atoms with van der Waals surface area (Å²) in [5.74, 6) is 0. The molecule has 0 saturated carbocycles. The topological polar surface area (TPSA) is 39.1 Å². The quantitative estimate of drug-likeness (QED) is 0.906. The van der Waals surface area contributed by atoms with Crippen LogP contribution in [0.3, 0.4) is 0 Å². The number of nitriles is 1. The molecule has 0 radical (unpaired) electrons. The molecule has 1 heterocycles. The maximum Gasteiger partial charge on any atom is 0.0998 e. The third kappa shape index (κ3) is 2.48. The molecule has 3 heteroatoms. The minimum atomic E-state index is 0.530. The summed E-state index contributed by atoms with van der Waals surface area (Å²) in [5.41, 5.74) is 1.89. The largest absolute Gasteiger partial charge is 0.382 e. The van der Waals surface area contributed by atoms with Crippen LogP contribution >= 0.6 is 0 Å². The molecule has 0 aromatic heterocycles. The Bertz CT molecular complexity index is 649. The molecule has 0 spiro atoms. The van der Waals surface area contributed by atoms with Crippen molar-refractivity contribution in [3.8, 4) is 6.07 Å². The van der Waals surface area contributed by atoms with E-state index in [-0.39, 0.29) is 0 Å². The molecule has 3 nitrogen and oxygen atoms in total. The van der Waals surface area contributed by atoms with Gasteiger partial charge in [0.05, 0.1) is 11.6 Å². The second-order valence-corrected chi connectivity index (χ2v) is 5.54. The number of nitrogens with one attached hydrogen (secondary N) is 1. The van der Waals surface area contributed by atoms with Crippen LogP contribution in [0.1, 0.15) is 18.4 Å². The summed E-state index contributed by atoms with van der Waals surface area (Å²) in [4.78, 5) is 2.37. The maximum absolute atomic E-state index is 9.20. The Balaban J connectivity index is 1.91. The Morgan fingerprint density at radius 2 is 1.80 bits per heavy atom. The van der Waals surface area contributed by atoms with Gasteiger partial charge in [0.2, 0.25) is 0 Å². The SMILES string of the molecule is CN1CCC(Nc2ccc(C#N)c3ccccc23)CC1. The number of rotatable bonds is 2. The van der Waals surface area contributed by atoms with Crippen LogP contribution in [0.2, 0.25) is 0 Å². The van der Waals surface area contributed by atoms with Gasteiger partial charge in [-0.1, -0.05) is 24.3 Å². The van der Waals surface area contributed by atoms with Crippen molar-refractivity contribution in [1.29, 1.82) is 5.26 Å². The molecule has 0 bridgehead atoms. The number of nitrogens with zero attached hydrogens (tertiary/aromatic N) is 2. The number of hydrogen-bond donors (Lipinski definition) is 1. The molecule has 0 atom stereocenters. The molecule has 0 aliphatic carbocycles. The first-order valence-electron chi connectivity index (χ1n) is 7.15. The van der Waals surface area contributed by atoms with Crippen LogP contribution in [0.4, 0.5) is 5.69 Å². The predicted molar refractivity (Wildman–Crippen MR) is 82.8 cm³/mol. The van der Waals surface area contributed by atoms with Crippen molar-refractivity contribution in [3.63, 3.8) is 0 Å². The van der Waals surface area contributed by atoms with Crippen LogP contribution in [-0.2, 0) is 0 Å². The summed E-state index contributed by atoms with van der Waals surface area (Å²) in [6.07, 6.45) is 2.34. The second kappa shape index (κ2) is 5.52. The second-order valence-electron chi connectivity index (χ2n) is 5.54. The van der Waals surface area contributed by atoms with Gasteiger partial charge in [-0.15, -0.1) is 0 Å². The minimum absolute atomic E-state index is 0.530. The monoisotopic (exact) mass is 265 g/mol. The Kier molecular flexibility index (Phi) is 3.58. The highest BCUT2D eigenvalue weighted by molar-refractivity contribution is 5.97. The van der Waals surface area contributed by atoms with Crippen molar-refractivity contribution in [2.75, 3.05) is 25.5 Å². The lowest BCUT2D eigenvalue weighted by atomic mass is 10.0. The summed E-state index contributed by atoms with van der Waals surface area (Å²) < 4.78 is 0. The lowest BCUT2D eigenvalue weighted by Crippen LogP contribution is -2.36. The fourth-order valence-corrected chi connectivity index (χ4v) is 2.90. The third-order valence-electron chi connectivity index (χ3n) is 4.12. The van der Waals surface area contributed by atoms with E-state index < -0.39 is 0 Å². The molecule has 1 fully saturated rings. The Hall–Kier alpha value is -2.05. The Labute approximate surface area is 119 Å². The van der Waals surface area contributed by atoms with Crippen molar-refractivity contribution >= 4 is 16.5 Å². The molecule has 3 rings (SSSR count). The van der Waals surface area contributed by atoms with Crippen molar-refractivity contribution < 1.29 is 0 Å². The van der Waals surface area contributed by atoms with Crippen molar-refractivity contribution in [2.45, 2.75) is 18.9 Å². The lowest BCUT2D eigenvalue weighted by molar-refractivity contribution is 0.264. The van der Waals surface area contributed by atoms with Crippen molar-refractivity contribution in [1.82, 2.24) is 4.90 Å². The van der Waals surface area contributed by atoms with Gasteiger partial charge in [0.25, 0.3) is 0 Å². The van der Waals surface area contributed by atoms with Gasteiger partial charge in [0, 0.05) is 22.5 Å². The zero-order chi connectivity index (χ0) is 13.9. The summed E-state index contributed by atoms with van der Waals surface area (Å²) in [6, 6.07) is 14.9. The number of fused-ring (bicyclic) bond motifs is 1. The molecular formula is C17H19N3. The van der Waals surface area contributed by atoms with Gasteiger partial charge in [-0.25, -0.2) is 0 Å². The van der Waals surface area contributed by atoms with Gasteiger partial charge >= 0.3 is 0 Å². The average Bonchev–Trinajstić information content (AvgIpc) is 2.50. The van der Waals surface area contributed by atoms with Gasteiger partial charge in [0.15, 0.2) is 0 Å². The summed E-state index contributed by atoms with van der Waals surface area (Å²) in [5, 5.41) is 15.0. The van der Waals surface area contributed by atoms with Crippen LogP contribution in [-0.4, -0.2) is 31.1 Å². The predicted octanol–water partition coefficient (Wildman–Crippen LogP) is 3.22. The number of piperidine rings is 1. The molecule has 2 aromatic rings. The van der Waals surface area contributed by atoms with E-state index >= 15 is 0 Å². The fourth-order valence-electron chi connectivity index (χ4n) is 2.90. The van der Waals surface area contributed by atoms with E-state index in [0.29, 0.717) is 6.04 Å². The highest BCUT2D eigenvalue weighted by Crippen LogP contribution is 2.28. The number of likely N-dealkylation sites (tertiary alicyclic amines) is 1. The third-order valence-corrected chi connectivity index (χ3v) is 4.12. The number of anilines is 1. The lowest BCUT2D eigenvalue weighted by Gasteiger charge is -2.30. The zero-order valence-corrected chi connectivity index (χ0v) is 11.8. The van der Waals surface area contributed by atoms with Gasteiger partial charge in [-0.2, -0.15) is 5.26 Å². The summed E-state index contributed by atoms with van der Waals surface area (Å²) in [6.45, 7) is 2.29. The van der Waals surface area contributed by atoms with E-state index in [4.69, 9.17) is 0 Å². The molecule has 2 aromatic carbocycles. The average molecular weight is 265 g/mol. The van der Waals surface area contributed by atoms with Crippen LogP contribution < -0.4 is 5.32 Å². The minimum Gasteiger partial charge on any atom is -0.382 e. The standard InChI is InChI=1S/C17H19N3/c1-20-10-8-14(9-11-20)19-17-7-6-13(12-18)15-4-2-3-5-16(15)17/h2-7,14,19H,8-11H2,1H3. The molecule has 1 saturated heterocycles. The summed E-state index contributed by atoms with van der Waals surface area (Å²) in [7, 11) is 2.17. The van der Waals surface area contributed by atoms with Gasteiger partial charge in [0.1, 0.15) is 0 Å². The molecule has 1 aliphatic rings. The Morgan fingerprint density at radius 3 is 2.50 bits per heavy atom. The first-order chi connectivity index (χ1) is 9.78. The van der Waals surface area contributed by atoms with Crippen LogP contribution in [0.5, 0.6) is 0 Å². The van der Waals surface area contributed by atoms with Crippen LogP contribution in [0.25, 0.3) is 10.8 Å². The van der Waals surface area contributed by atoms with E-state index in [1.165, 1.54) is 12.8 Å². The van der Waals surface area contributed by atoms with E-state index in [1.807, 2.05) is 30.3 Å². The molecule has 102 valence electrons. The molecule has 1 aliphatic heterocycles. The maximum atomic E-state index is 9.20. The first kappa shape index (κ1) is 13.0. The first-order valence-corrected chi connectivity index (χ1v) is 7.15. The number of hydrogen-bond acceptors (Lipinski definition) is 3. The van der Waals surface area contributed by atoms with Gasteiger partial charge in [-0.05, 0) is 45.1 Å². The highest BCUT2D eigenvalue weighted by Gasteiger charge is 2.17. The number of benzene rings is 2. The smallest absolute Gasteiger partial charge is 0.0998 e. The molecule has 0 amide bonds.